The molecule has 0 bridgehead atoms. The van der Waals surface area contributed by atoms with E-state index in [-0.39, 0.29) is 30.9 Å². The van der Waals surface area contributed by atoms with Crippen molar-refractivity contribution in [2.75, 3.05) is 6.54 Å². The standard InChI is InChI=1S/C9H13N5.2ClH/c10-3-1-6(11)9-13-7-2-4-12-5-8(7)14-9;;/h2,4-6H,1,3,10-11H2,(H,13,14);2*1H. The van der Waals surface area contributed by atoms with Crippen LogP contribution >= 0.6 is 24.8 Å². The molecule has 0 aliphatic rings. The number of nitrogens with two attached hydrogens (primary N) is 2. The van der Waals surface area contributed by atoms with E-state index < -0.39 is 0 Å². The van der Waals surface area contributed by atoms with Crippen LogP contribution in [0, 0.1) is 0 Å². The highest BCUT2D eigenvalue weighted by molar-refractivity contribution is 5.85. The molecule has 2 aromatic rings. The summed E-state index contributed by atoms with van der Waals surface area (Å²) in [5.41, 5.74) is 13.1. The number of fused-ring (bicyclic) bond motifs is 1. The molecule has 0 aromatic carbocycles. The average molecular weight is 264 g/mol. The summed E-state index contributed by atoms with van der Waals surface area (Å²) in [6, 6.07) is 1.76. The maximum absolute atomic E-state index is 5.88. The second-order valence-corrected chi connectivity index (χ2v) is 3.20. The lowest BCUT2D eigenvalue weighted by molar-refractivity contribution is 0.630. The van der Waals surface area contributed by atoms with Gasteiger partial charge in [0.15, 0.2) is 0 Å². The highest BCUT2D eigenvalue weighted by Gasteiger charge is 2.09. The summed E-state index contributed by atoms with van der Waals surface area (Å²) in [5, 5.41) is 0. The predicted molar refractivity (Wildman–Crippen MR) is 69.0 cm³/mol. The van der Waals surface area contributed by atoms with Crippen LogP contribution in [0.4, 0.5) is 0 Å². The summed E-state index contributed by atoms with van der Waals surface area (Å²) in [6.07, 6.45) is 4.16. The van der Waals surface area contributed by atoms with E-state index in [0.717, 1.165) is 23.3 Å². The first-order valence-electron chi connectivity index (χ1n) is 4.56. The first kappa shape index (κ1) is 15.1. The van der Waals surface area contributed by atoms with Gasteiger partial charge in [-0.25, -0.2) is 4.98 Å². The van der Waals surface area contributed by atoms with Crippen LogP contribution in [0.2, 0.25) is 0 Å². The molecule has 7 heteroatoms. The molecule has 1 unspecified atom stereocenters. The van der Waals surface area contributed by atoms with Crippen molar-refractivity contribution < 1.29 is 0 Å². The van der Waals surface area contributed by atoms with Crippen molar-refractivity contribution in [3.05, 3.63) is 24.3 Å². The topological polar surface area (TPSA) is 93.6 Å². The zero-order chi connectivity index (χ0) is 9.97. The van der Waals surface area contributed by atoms with E-state index in [2.05, 4.69) is 15.0 Å². The van der Waals surface area contributed by atoms with Crippen molar-refractivity contribution in [3.8, 4) is 0 Å². The van der Waals surface area contributed by atoms with E-state index in [4.69, 9.17) is 11.5 Å². The third-order valence-corrected chi connectivity index (χ3v) is 2.13. The first-order valence-corrected chi connectivity index (χ1v) is 4.56. The lowest BCUT2D eigenvalue weighted by Crippen LogP contribution is -2.16. The number of H-pyrrole nitrogens is 1. The Morgan fingerprint density at radius 3 is 2.75 bits per heavy atom. The quantitative estimate of drug-likeness (QED) is 0.775. The molecule has 0 saturated heterocycles. The Labute approximate surface area is 106 Å². The average Bonchev–Trinajstić information content (AvgIpc) is 2.61. The third kappa shape index (κ3) is 3.05. The molecule has 0 fully saturated rings. The lowest BCUT2D eigenvalue weighted by atomic mass is 10.2. The van der Waals surface area contributed by atoms with E-state index in [1.807, 2.05) is 6.07 Å². The molecule has 2 aromatic heterocycles. The molecule has 0 spiro atoms. The van der Waals surface area contributed by atoms with Gasteiger partial charge in [-0.1, -0.05) is 0 Å². The molecule has 2 rings (SSSR count). The lowest BCUT2D eigenvalue weighted by Gasteiger charge is -2.04. The third-order valence-electron chi connectivity index (χ3n) is 2.13. The van der Waals surface area contributed by atoms with Gasteiger partial charge in [0, 0.05) is 6.20 Å². The van der Waals surface area contributed by atoms with Gasteiger partial charge in [0.2, 0.25) is 0 Å². The maximum Gasteiger partial charge on any atom is 0.124 e. The summed E-state index contributed by atoms with van der Waals surface area (Å²) in [7, 11) is 0. The van der Waals surface area contributed by atoms with Crippen molar-refractivity contribution in [3.63, 3.8) is 0 Å². The van der Waals surface area contributed by atoms with E-state index in [1.165, 1.54) is 0 Å². The number of halogens is 2. The molecule has 5 nitrogen and oxygen atoms in total. The van der Waals surface area contributed by atoms with Crippen molar-refractivity contribution in [1.29, 1.82) is 0 Å². The number of aromatic nitrogens is 3. The number of hydrogen-bond donors (Lipinski definition) is 3. The zero-order valence-corrected chi connectivity index (χ0v) is 10.2. The van der Waals surface area contributed by atoms with Gasteiger partial charge >= 0.3 is 0 Å². The molecule has 2 heterocycles. The van der Waals surface area contributed by atoms with Gasteiger partial charge in [0.1, 0.15) is 11.3 Å². The summed E-state index contributed by atoms with van der Waals surface area (Å²) in [6.45, 7) is 0.566. The maximum atomic E-state index is 5.88. The van der Waals surface area contributed by atoms with Gasteiger partial charge < -0.3 is 16.5 Å². The van der Waals surface area contributed by atoms with Crippen molar-refractivity contribution >= 4 is 35.8 Å². The monoisotopic (exact) mass is 263 g/mol. The van der Waals surface area contributed by atoms with Gasteiger partial charge in [-0.3, -0.25) is 4.98 Å². The fraction of sp³-hybridized carbons (Fsp3) is 0.333. The number of rotatable bonds is 3. The zero-order valence-electron chi connectivity index (χ0n) is 8.59. The largest absolute Gasteiger partial charge is 0.341 e. The van der Waals surface area contributed by atoms with Gasteiger partial charge in [0.25, 0.3) is 0 Å². The Kier molecular flexibility index (Phi) is 6.28. The molecular weight excluding hydrogens is 249 g/mol. The minimum Gasteiger partial charge on any atom is -0.341 e. The van der Waals surface area contributed by atoms with Crippen LogP contribution in [-0.2, 0) is 0 Å². The van der Waals surface area contributed by atoms with Gasteiger partial charge in [-0.15, -0.1) is 24.8 Å². The highest BCUT2D eigenvalue weighted by atomic mass is 35.5. The van der Waals surface area contributed by atoms with Crippen molar-refractivity contribution in [2.24, 2.45) is 11.5 Å². The fourth-order valence-electron chi connectivity index (χ4n) is 1.37. The minimum atomic E-state index is -0.118. The number of pyridine rings is 1. The molecule has 5 N–H and O–H groups in total. The van der Waals surface area contributed by atoms with E-state index >= 15 is 0 Å². The first-order chi connectivity index (χ1) is 6.81. The summed E-state index contributed by atoms with van der Waals surface area (Å²) >= 11 is 0. The molecule has 16 heavy (non-hydrogen) atoms. The Balaban J connectivity index is 0.00000112. The van der Waals surface area contributed by atoms with Gasteiger partial charge in [-0.2, -0.15) is 0 Å². The molecular formula is C9H15Cl2N5. The number of imidazole rings is 1. The molecule has 0 aliphatic carbocycles. The Morgan fingerprint density at radius 2 is 2.12 bits per heavy atom. The highest BCUT2D eigenvalue weighted by Crippen LogP contribution is 2.14. The molecule has 1 atom stereocenters. The second kappa shape index (κ2) is 6.65. The van der Waals surface area contributed by atoms with Crippen LogP contribution in [0.15, 0.2) is 18.5 Å². The Hall–Kier alpha value is -0.880. The second-order valence-electron chi connectivity index (χ2n) is 3.20. The molecule has 0 amide bonds. The fourth-order valence-corrected chi connectivity index (χ4v) is 1.37. The van der Waals surface area contributed by atoms with Crippen molar-refractivity contribution in [2.45, 2.75) is 12.5 Å². The molecule has 0 aliphatic heterocycles. The SMILES string of the molecule is Cl.Cl.NCCC(N)c1nc2cnccc2[nH]1. The van der Waals surface area contributed by atoms with Gasteiger partial charge in [-0.05, 0) is 19.0 Å². The number of nitrogens with zero attached hydrogens (tertiary/aromatic N) is 2. The Morgan fingerprint density at radius 1 is 1.38 bits per heavy atom. The van der Waals surface area contributed by atoms with Crippen molar-refractivity contribution in [1.82, 2.24) is 15.0 Å². The molecule has 0 saturated carbocycles. The predicted octanol–water partition coefficient (Wildman–Crippen LogP) is 1.15. The Bertz CT molecular complexity index is 398. The van der Waals surface area contributed by atoms with E-state index in [9.17, 15) is 0 Å². The molecule has 90 valence electrons. The van der Waals surface area contributed by atoms with Crippen LogP contribution in [0.1, 0.15) is 18.3 Å². The summed E-state index contributed by atoms with van der Waals surface area (Å²) < 4.78 is 0. The number of hydrogen-bond acceptors (Lipinski definition) is 4. The van der Waals surface area contributed by atoms with Crippen LogP contribution in [0.5, 0.6) is 0 Å². The molecule has 0 radical (unpaired) electrons. The normalized spacial score (nSPS) is 11.6. The van der Waals surface area contributed by atoms with Crippen LogP contribution < -0.4 is 11.5 Å². The number of nitrogens with one attached hydrogen (secondary N) is 1. The van der Waals surface area contributed by atoms with Gasteiger partial charge in [0.05, 0.1) is 17.8 Å². The van der Waals surface area contributed by atoms with Crippen LogP contribution in [-0.4, -0.2) is 21.5 Å². The summed E-state index contributed by atoms with van der Waals surface area (Å²) in [5.74, 6) is 0.776. The smallest absolute Gasteiger partial charge is 0.124 e. The summed E-state index contributed by atoms with van der Waals surface area (Å²) in [4.78, 5) is 11.5. The van der Waals surface area contributed by atoms with E-state index in [0.29, 0.717) is 6.54 Å². The number of aromatic amines is 1. The van der Waals surface area contributed by atoms with Crippen LogP contribution in [0.3, 0.4) is 0 Å². The van der Waals surface area contributed by atoms with Crippen LogP contribution in [0.25, 0.3) is 11.0 Å². The van der Waals surface area contributed by atoms with E-state index in [1.54, 1.807) is 12.4 Å². The minimum absolute atomic E-state index is 0.